The lowest BCUT2D eigenvalue weighted by Crippen LogP contribution is -2.35. The molecule has 1 heterocycles. The van der Waals surface area contributed by atoms with Gasteiger partial charge in [0.2, 0.25) is 5.91 Å². The first-order chi connectivity index (χ1) is 9.31. The monoisotopic (exact) mass is 257 g/mol. The van der Waals surface area contributed by atoms with Crippen molar-refractivity contribution in [2.75, 3.05) is 26.2 Å². The van der Waals surface area contributed by atoms with E-state index in [0.717, 1.165) is 25.2 Å². The average Bonchev–Trinajstić information content (AvgIpc) is 2.94. The summed E-state index contributed by atoms with van der Waals surface area (Å²) in [6.45, 7) is 3.73. The Morgan fingerprint density at radius 2 is 2.00 bits per heavy atom. The van der Waals surface area contributed by atoms with Crippen LogP contribution in [0.3, 0.4) is 0 Å². The third-order valence-electron chi connectivity index (χ3n) is 3.45. The van der Waals surface area contributed by atoms with E-state index in [4.69, 9.17) is 5.26 Å². The molecule has 4 heteroatoms. The van der Waals surface area contributed by atoms with Crippen LogP contribution in [0.15, 0.2) is 30.3 Å². The molecule has 1 aliphatic heterocycles. The van der Waals surface area contributed by atoms with Gasteiger partial charge in [-0.05, 0) is 31.5 Å². The van der Waals surface area contributed by atoms with Gasteiger partial charge < -0.3 is 10.2 Å². The van der Waals surface area contributed by atoms with Gasteiger partial charge in [-0.3, -0.25) is 4.79 Å². The maximum absolute atomic E-state index is 12.0. The Hall–Kier alpha value is -1.86. The zero-order chi connectivity index (χ0) is 13.5. The van der Waals surface area contributed by atoms with Gasteiger partial charge in [-0.15, -0.1) is 0 Å². The minimum Gasteiger partial charge on any atom is -0.353 e. The van der Waals surface area contributed by atoms with Crippen molar-refractivity contribution in [1.29, 1.82) is 5.26 Å². The van der Waals surface area contributed by atoms with Gasteiger partial charge in [-0.25, -0.2) is 0 Å². The Balaban J connectivity index is 1.82. The second-order valence-corrected chi connectivity index (χ2v) is 4.81. The molecule has 1 N–H and O–H groups in total. The molecule has 1 atom stereocenters. The van der Waals surface area contributed by atoms with Gasteiger partial charge in [0.05, 0.1) is 6.07 Å². The van der Waals surface area contributed by atoms with E-state index >= 15 is 0 Å². The highest BCUT2D eigenvalue weighted by atomic mass is 16.1. The lowest BCUT2D eigenvalue weighted by Gasteiger charge is -2.16. The van der Waals surface area contributed by atoms with Crippen LogP contribution < -0.4 is 5.32 Å². The molecule has 0 spiro atoms. The average molecular weight is 257 g/mol. The number of likely N-dealkylation sites (tertiary alicyclic amines) is 1. The molecule has 1 unspecified atom stereocenters. The number of nitriles is 1. The summed E-state index contributed by atoms with van der Waals surface area (Å²) in [5, 5.41) is 12.0. The highest BCUT2D eigenvalue weighted by Gasteiger charge is 2.19. The van der Waals surface area contributed by atoms with Crippen molar-refractivity contribution in [3.8, 4) is 6.07 Å². The van der Waals surface area contributed by atoms with E-state index in [-0.39, 0.29) is 5.91 Å². The molecule has 4 nitrogen and oxygen atoms in total. The predicted octanol–water partition coefficient (Wildman–Crippen LogP) is 1.51. The second-order valence-electron chi connectivity index (χ2n) is 4.81. The van der Waals surface area contributed by atoms with E-state index in [9.17, 15) is 4.79 Å². The van der Waals surface area contributed by atoms with Crippen molar-refractivity contribution in [2.45, 2.75) is 18.8 Å². The Labute approximate surface area is 114 Å². The van der Waals surface area contributed by atoms with Gasteiger partial charge in [0.1, 0.15) is 5.92 Å². The van der Waals surface area contributed by atoms with Crippen LogP contribution in [0.1, 0.15) is 24.3 Å². The second kappa shape index (κ2) is 6.91. The summed E-state index contributed by atoms with van der Waals surface area (Å²) >= 11 is 0. The first-order valence-electron chi connectivity index (χ1n) is 6.76. The molecule has 0 radical (unpaired) electrons. The number of hydrogen-bond donors (Lipinski definition) is 1. The molecular weight excluding hydrogens is 238 g/mol. The Kier molecular flexibility index (Phi) is 4.93. The van der Waals surface area contributed by atoms with Crippen molar-refractivity contribution in [1.82, 2.24) is 10.2 Å². The number of hydrogen-bond acceptors (Lipinski definition) is 3. The molecule has 1 aromatic carbocycles. The van der Waals surface area contributed by atoms with Crippen LogP contribution in [0.5, 0.6) is 0 Å². The summed E-state index contributed by atoms with van der Waals surface area (Å²) in [6.07, 6.45) is 2.50. The molecule has 1 aliphatic rings. The fourth-order valence-corrected chi connectivity index (χ4v) is 2.38. The zero-order valence-corrected chi connectivity index (χ0v) is 11.0. The van der Waals surface area contributed by atoms with Crippen LogP contribution in [0.2, 0.25) is 0 Å². The minimum absolute atomic E-state index is 0.201. The Bertz CT molecular complexity index is 446. The van der Waals surface area contributed by atoms with Crippen molar-refractivity contribution in [2.24, 2.45) is 0 Å². The summed E-state index contributed by atoms with van der Waals surface area (Å²) in [6, 6.07) is 11.3. The van der Waals surface area contributed by atoms with Gasteiger partial charge in [0.15, 0.2) is 0 Å². The maximum Gasteiger partial charge on any atom is 0.241 e. The maximum atomic E-state index is 12.0. The van der Waals surface area contributed by atoms with Gasteiger partial charge in [-0.1, -0.05) is 30.3 Å². The number of nitrogens with zero attached hydrogens (tertiary/aromatic N) is 2. The van der Waals surface area contributed by atoms with Crippen molar-refractivity contribution in [3.05, 3.63) is 35.9 Å². The largest absolute Gasteiger partial charge is 0.353 e. The van der Waals surface area contributed by atoms with E-state index in [1.807, 2.05) is 30.3 Å². The summed E-state index contributed by atoms with van der Waals surface area (Å²) < 4.78 is 0. The summed E-state index contributed by atoms with van der Waals surface area (Å²) in [7, 11) is 0. The number of amides is 1. The normalized spacial score (nSPS) is 16.8. The van der Waals surface area contributed by atoms with Crippen LogP contribution in [0, 0.1) is 11.3 Å². The molecule has 0 saturated carbocycles. The molecule has 19 heavy (non-hydrogen) atoms. The predicted molar refractivity (Wildman–Crippen MR) is 73.5 cm³/mol. The topological polar surface area (TPSA) is 56.1 Å². The number of carbonyl (C=O) groups is 1. The van der Waals surface area contributed by atoms with Crippen LogP contribution >= 0.6 is 0 Å². The van der Waals surface area contributed by atoms with Gasteiger partial charge in [0.25, 0.3) is 0 Å². The molecule has 0 aromatic heterocycles. The molecule has 1 fully saturated rings. The zero-order valence-electron chi connectivity index (χ0n) is 11.0. The van der Waals surface area contributed by atoms with Gasteiger partial charge in [-0.2, -0.15) is 5.26 Å². The van der Waals surface area contributed by atoms with Crippen LogP contribution in [0.25, 0.3) is 0 Å². The molecule has 0 aliphatic carbocycles. The van der Waals surface area contributed by atoms with Crippen LogP contribution in [-0.4, -0.2) is 37.0 Å². The Morgan fingerprint density at radius 1 is 1.32 bits per heavy atom. The van der Waals surface area contributed by atoms with E-state index in [2.05, 4.69) is 16.3 Å². The fraction of sp³-hybridized carbons (Fsp3) is 0.467. The standard InChI is InChI=1S/C15H19N3O/c16-12-14(13-6-2-1-3-7-13)15(19)17-8-11-18-9-4-5-10-18/h1-3,6-7,14H,4-5,8-11H2,(H,17,19). The number of benzene rings is 1. The smallest absolute Gasteiger partial charge is 0.241 e. The first kappa shape index (κ1) is 13.6. The van der Waals surface area contributed by atoms with Crippen molar-refractivity contribution < 1.29 is 4.79 Å². The molecule has 0 bridgehead atoms. The minimum atomic E-state index is -0.709. The van der Waals surface area contributed by atoms with Crippen molar-refractivity contribution >= 4 is 5.91 Å². The third-order valence-corrected chi connectivity index (χ3v) is 3.45. The van der Waals surface area contributed by atoms with E-state index in [0.29, 0.717) is 6.54 Å². The van der Waals surface area contributed by atoms with Crippen LogP contribution in [-0.2, 0) is 4.79 Å². The highest BCUT2D eigenvalue weighted by Crippen LogP contribution is 2.14. The van der Waals surface area contributed by atoms with E-state index in [1.165, 1.54) is 12.8 Å². The Morgan fingerprint density at radius 3 is 2.63 bits per heavy atom. The van der Waals surface area contributed by atoms with Gasteiger partial charge >= 0.3 is 0 Å². The third kappa shape index (κ3) is 3.80. The van der Waals surface area contributed by atoms with E-state index in [1.54, 1.807) is 0 Å². The highest BCUT2D eigenvalue weighted by molar-refractivity contribution is 5.86. The lowest BCUT2D eigenvalue weighted by atomic mass is 10.00. The SMILES string of the molecule is N#CC(C(=O)NCCN1CCCC1)c1ccccc1. The molecule has 100 valence electrons. The number of carbonyl (C=O) groups excluding carboxylic acids is 1. The number of rotatable bonds is 5. The van der Waals surface area contributed by atoms with Crippen LogP contribution in [0.4, 0.5) is 0 Å². The van der Waals surface area contributed by atoms with Gasteiger partial charge in [0, 0.05) is 13.1 Å². The summed E-state index contributed by atoms with van der Waals surface area (Å²) in [4.78, 5) is 14.3. The molecule has 1 amide bonds. The van der Waals surface area contributed by atoms with Crippen molar-refractivity contribution in [3.63, 3.8) is 0 Å². The lowest BCUT2D eigenvalue weighted by molar-refractivity contribution is -0.121. The molecule has 2 rings (SSSR count). The quantitative estimate of drug-likeness (QED) is 0.869. The molecule has 1 aromatic rings. The molecule has 1 saturated heterocycles. The summed E-state index contributed by atoms with van der Waals surface area (Å²) in [5.41, 5.74) is 0.753. The molecular formula is C15H19N3O. The number of nitrogens with one attached hydrogen (secondary N) is 1. The summed E-state index contributed by atoms with van der Waals surface area (Å²) in [5.74, 6) is -0.910. The fourth-order valence-electron chi connectivity index (χ4n) is 2.38. The first-order valence-corrected chi connectivity index (χ1v) is 6.76. The van der Waals surface area contributed by atoms with E-state index < -0.39 is 5.92 Å².